The predicted octanol–water partition coefficient (Wildman–Crippen LogP) is 1.16. The van der Waals surface area contributed by atoms with Crippen molar-refractivity contribution in [3.8, 4) is 0 Å². The summed E-state index contributed by atoms with van der Waals surface area (Å²) in [6, 6.07) is 3.73. The molecule has 0 saturated carbocycles. The third-order valence-corrected chi connectivity index (χ3v) is 3.08. The molecule has 0 spiro atoms. The zero-order chi connectivity index (χ0) is 13.8. The molecule has 2 N–H and O–H groups in total. The van der Waals surface area contributed by atoms with E-state index < -0.39 is 11.8 Å². The van der Waals surface area contributed by atoms with E-state index in [0.717, 1.165) is 19.0 Å². The maximum atomic E-state index is 13.6. The van der Waals surface area contributed by atoms with Crippen LogP contribution in [-0.2, 0) is 9.53 Å². The molecule has 102 valence electrons. The van der Waals surface area contributed by atoms with E-state index in [1.165, 1.54) is 19.2 Å². The average molecular weight is 266 g/mol. The van der Waals surface area contributed by atoms with Crippen LogP contribution in [0, 0.1) is 11.7 Å². The third kappa shape index (κ3) is 3.08. The van der Waals surface area contributed by atoms with Gasteiger partial charge in [-0.05, 0) is 31.2 Å². The highest BCUT2D eigenvalue weighted by Crippen LogP contribution is 2.19. The Hall–Kier alpha value is -1.95. The minimum absolute atomic E-state index is 0.000185. The number of carbonyl (C=O) groups is 2. The van der Waals surface area contributed by atoms with Crippen molar-refractivity contribution in [2.75, 3.05) is 25.5 Å². The van der Waals surface area contributed by atoms with Crippen molar-refractivity contribution in [3.05, 3.63) is 29.6 Å². The van der Waals surface area contributed by atoms with Gasteiger partial charge in [0.15, 0.2) is 0 Å². The van der Waals surface area contributed by atoms with E-state index in [1.807, 2.05) is 0 Å². The molecule has 0 bridgehead atoms. The first kappa shape index (κ1) is 13.5. The van der Waals surface area contributed by atoms with Gasteiger partial charge in [0.1, 0.15) is 5.82 Å². The van der Waals surface area contributed by atoms with Gasteiger partial charge in [-0.2, -0.15) is 0 Å². The molecule has 0 aliphatic carbocycles. The van der Waals surface area contributed by atoms with Gasteiger partial charge < -0.3 is 15.4 Å². The first-order valence-corrected chi connectivity index (χ1v) is 6.01. The summed E-state index contributed by atoms with van der Waals surface area (Å²) in [5.74, 6) is -1.56. The zero-order valence-electron chi connectivity index (χ0n) is 10.5. The second-order valence-electron chi connectivity index (χ2n) is 4.37. The van der Waals surface area contributed by atoms with Gasteiger partial charge in [0.2, 0.25) is 5.91 Å². The van der Waals surface area contributed by atoms with Crippen LogP contribution in [0.2, 0.25) is 0 Å². The van der Waals surface area contributed by atoms with E-state index in [1.54, 1.807) is 0 Å². The minimum Gasteiger partial charge on any atom is -0.465 e. The monoisotopic (exact) mass is 266 g/mol. The molecule has 1 aromatic carbocycles. The Labute approximate surface area is 110 Å². The summed E-state index contributed by atoms with van der Waals surface area (Å²) < 4.78 is 18.2. The van der Waals surface area contributed by atoms with Crippen molar-refractivity contribution in [3.63, 3.8) is 0 Å². The molecule has 19 heavy (non-hydrogen) atoms. The molecule has 1 aliphatic rings. The zero-order valence-corrected chi connectivity index (χ0v) is 10.5. The Morgan fingerprint density at radius 2 is 2.26 bits per heavy atom. The van der Waals surface area contributed by atoms with E-state index in [2.05, 4.69) is 15.4 Å². The summed E-state index contributed by atoms with van der Waals surface area (Å²) in [7, 11) is 1.24. The summed E-state index contributed by atoms with van der Waals surface area (Å²) in [4.78, 5) is 23.2. The van der Waals surface area contributed by atoms with Crippen LogP contribution in [-0.4, -0.2) is 32.1 Å². The lowest BCUT2D eigenvalue weighted by Crippen LogP contribution is -2.25. The maximum Gasteiger partial charge on any atom is 0.337 e. The molecule has 1 unspecified atom stereocenters. The number of hydrogen-bond acceptors (Lipinski definition) is 4. The number of anilines is 1. The van der Waals surface area contributed by atoms with Crippen LogP contribution < -0.4 is 10.6 Å². The van der Waals surface area contributed by atoms with Gasteiger partial charge in [-0.3, -0.25) is 4.79 Å². The number of amides is 1. The minimum atomic E-state index is -0.577. The number of methoxy groups -OCH3 is 1. The van der Waals surface area contributed by atoms with E-state index in [9.17, 15) is 14.0 Å². The number of rotatable bonds is 3. The predicted molar refractivity (Wildman–Crippen MR) is 67.3 cm³/mol. The molecule has 1 atom stereocenters. The lowest BCUT2D eigenvalue weighted by atomic mass is 10.1. The SMILES string of the molecule is COC(=O)c1ccc(F)c(NC(=O)C2CCNC2)c1. The van der Waals surface area contributed by atoms with E-state index >= 15 is 0 Å². The molecule has 1 aromatic rings. The van der Waals surface area contributed by atoms with E-state index in [4.69, 9.17) is 0 Å². The average Bonchev–Trinajstić information content (AvgIpc) is 2.94. The van der Waals surface area contributed by atoms with E-state index in [0.29, 0.717) is 6.54 Å². The third-order valence-electron chi connectivity index (χ3n) is 3.08. The number of esters is 1. The number of benzene rings is 1. The lowest BCUT2D eigenvalue weighted by molar-refractivity contribution is -0.119. The first-order chi connectivity index (χ1) is 9.11. The van der Waals surface area contributed by atoms with Gasteiger partial charge in [-0.1, -0.05) is 0 Å². The summed E-state index contributed by atoms with van der Waals surface area (Å²) in [6.07, 6.45) is 0.726. The fraction of sp³-hybridized carbons (Fsp3) is 0.385. The van der Waals surface area contributed by atoms with Gasteiger partial charge in [0, 0.05) is 6.54 Å². The smallest absolute Gasteiger partial charge is 0.337 e. The topological polar surface area (TPSA) is 67.4 Å². The van der Waals surface area contributed by atoms with Crippen LogP contribution in [0.3, 0.4) is 0 Å². The highest BCUT2D eigenvalue weighted by molar-refractivity contribution is 5.95. The molecule has 1 amide bonds. The highest BCUT2D eigenvalue weighted by Gasteiger charge is 2.23. The number of carbonyl (C=O) groups excluding carboxylic acids is 2. The fourth-order valence-corrected chi connectivity index (χ4v) is 1.98. The van der Waals surface area contributed by atoms with Crippen LogP contribution in [0.15, 0.2) is 18.2 Å². The van der Waals surface area contributed by atoms with Gasteiger partial charge in [0.25, 0.3) is 0 Å². The Kier molecular flexibility index (Phi) is 4.11. The van der Waals surface area contributed by atoms with Gasteiger partial charge in [0.05, 0.1) is 24.3 Å². The first-order valence-electron chi connectivity index (χ1n) is 6.01. The van der Waals surface area contributed by atoms with Crippen LogP contribution in [0.4, 0.5) is 10.1 Å². The molecule has 0 radical (unpaired) electrons. The normalized spacial score (nSPS) is 18.1. The Morgan fingerprint density at radius 1 is 1.47 bits per heavy atom. The van der Waals surface area contributed by atoms with Crippen LogP contribution in [0.5, 0.6) is 0 Å². The quantitative estimate of drug-likeness (QED) is 0.806. The molecular formula is C13H15FN2O3. The number of ether oxygens (including phenoxy) is 1. The lowest BCUT2D eigenvalue weighted by Gasteiger charge is -2.11. The van der Waals surface area contributed by atoms with Crippen molar-refractivity contribution < 1.29 is 18.7 Å². The van der Waals surface area contributed by atoms with Crippen molar-refractivity contribution in [2.45, 2.75) is 6.42 Å². The van der Waals surface area contributed by atoms with Crippen LogP contribution in [0.1, 0.15) is 16.8 Å². The van der Waals surface area contributed by atoms with Crippen LogP contribution >= 0.6 is 0 Å². The largest absolute Gasteiger partial charge is 0.465 e. The Balaban J connectivity index is 2.14. The van der Waals surface area contributed by atoms with Crippen molar-refractivity contribution in [1.29, 1.82) is 0 Å². The van der Waals surface area contributed by atoms with Crippen LogP contribution in [0.25, 0.3) is 0 Å². The molecule has 1 heterocycles. The molecule has 1 saturated heterocycles. The van der Waals surface area contributed by atoms with E-state index in [-0.39, 0.29) is 23.1 Å². The number of nitrogens with one attached hydrogen (secondary N) is 2. The Bertz CT molecular complexity index is 499. The molecule has 0 aromatic heterocycles. The second kappa shape index (κ2) is 5.79. The summed E-state index contributed by atoms with van der Waals surface area (Å²) in [6.45, 7) is 1.37. The van der Waals surface area contributed by atoms with Gasteiger partial charge in [-0.25, -0.2) is 9.18 Å². The number of halogens is 1. The summed E-state index contributed by atoms with van der Waals surface area (Å²) >= 11 is 0. The molecule has 6 heteroatoms. The Morgan fingerprint density at radius 3 is 2.89 bits per heavy atom. The maximum absolute atomic E-state index is 13.6. The second-order valence-corrected chi connectivity index (χ2v) is 4.37. The van der Waals surface area contributed by atoms with Crippen molar-refractivity contribution in [2.24, 2.45) is 5.92 Å². The molecule has 5 nitrogen and oxygen atoms in total. The number of hydrogen-bond donors (Lipinski definition) is 2. The molecule has 2 rings (SSSR count). The van der Waals surface area contributed by atoms with Gasteiger partial charge in [-0.15, -0.1) is 0 Å². The standard InChI is InChI=1S/C13H15FN2O3/c1-19-13(18)8-2-3-10(14)11(6-8)16-12(17)9-4-5-15-7-9/h2-3,6,9,15H,4-5,7H2,1H3,(H,16,17). The highest BCUT2D eigenvalue weighted by atomic mass is 19.1. The van der Waals surface area contributed by atoms with Crippen molar-refractivity contribution in [1.82, 2.24) is 5.32 Å². The summed E-state index contributed by atoms with van der Waals surface area (Å²) in [5.41, 5.74) is 0.198. The molecule has 1 aliphatic heterocycles. The summed E-state index contributed by atoms with van der Waals surface area (Å²) in [5, 5.41) is 5.57. The fourth-order valence-electron chi connectivity index (χ4n) is 1.98. The van der Waals surface area contributed by atoms with Crippen molar-refractivity contribution >= 4 is 17.6 Å². The molecular weight excluding hydrogens is 251 g/mol. The van der Waals surface area contributed by atoms with Gasteiger partial charge >= 0.3 is 5.97 Å². The molecule has 1 fully saturated rings.